The summed E-state index contributed by atoms with van der Waals surface area (Å²) in [6, 6.07) is 7.18. The lowest BCUT2D eigenvalue weighted by Gasteiger charge is -2.00. The summed E-state index contributed by atoms with van der Waals surface area (Å²) in [6.07, 6.45) is 0. The van der Waals surface area contributed by atoms with Crippen molar-refractivity contribution < 1.29 is 9.53 Å². The van der Waals surface area contributed by atoms with Crippen molar-refractivity contribution in [3.63, 3.8) is 0 Å². The molecule has 0 bridgehead atoms. The number of amides is 1. The van der Waals surface area contributed by atoms with Crippen molar-refractivity contribution in [2.45, 2.75) is 0 Å². The number of H-pyrrole nitrogens is 1. The predicted molar refractivity (Wildman–Crippen MR) is 62.7 cm³/mol. The van der Waals surface area contributed by atoms with E-state index >= 15 is 0 Å². The predicted octanol–water partition coefficient (Wildman–Crippen LogP) is 2.15. The molecule has 0 saturated carbocycles. The van der Waals surface area contributed by atoms with Gasteiger partial charge in [0.2, 0.25) is 0 Å². The molecule has 16 heavy (non-hydrogen) atoms. The Morgan fingerprint density at radius 3 is 3.06 bits per heavy atom. The van der Waals surface area contributed by atoms with E-state index < -0.39 is 0 Å². The molecule has 0 aliphatic heterocycles. The molecule has 2 N–H and O–H groups in total. The molecule has 1 heterocycles. The second-order valence-electron chi connectivity index (χ2n) is 3.35. The number of rotatable bonds is 3. The maximum absolute atomic E-state index is 11.6. The normalized spacial score (nSPS) is 10.6. The maximum Gasteiger partial charge on any atom is 0.269 e. The van der Waals surface area contributed by atoms with Crippen LogP contribution in [0.3, 0.4) is 0 Å². The summed E-state index contributed by atoms with van der Waals surface area (Å²) in [6.45, 7) is 0.189. The summed E-state index contributed by atoms with van der Waals surface area (Å²) >= 11 is 5.86. The molecule has 0 radical (unpaired) electrons. The molecule has 1 aromatic carbocycles. The summed E-state index contributed by atoms with van der Waals surface area (Å²) in [4.78, 5) is 14.6. The highest BCUT2D eigenvalue weighted by Crippen LogP contribution is 2.19. The molecule has 0 atom stereocenters. The van der Waals surface area contributed by atoms with Crippen molar-refractivity contribution in [1.82, 2.24) is 10.3 Å². The average Bonchev–Trinajstić information content (AvgIpc) is 2.68. The number of ether oxygens (including phenoxy) is 1. The molecule has 0 saturated heterocycles. The van der Waals surface area contributed by atoms with Gasteiger partial charge in [0.1, 0.15) is 12.4 Å². The van der Waals surface area contributed by atoms with Crippen molar-refractivity contribution >= 4 is 28.4 Å². The van der Waals surface area contributed by atoms with Crippen molar-refractivity contribution in [2.24, 2.45) is 0 Å². The highest BCUT2D eigenvalue weighted by Gasteiger charge is 2.08. The third kappa shape index (κ3) is 2.18. The van der Waals surface area contributed by atoms with Crippen LogP contribution in [0.1, 0.15) is 10.5 Å². The van der Waals surface area contributed by atoms with Gasteiger partial charge in [-0.2, -0.15) is 0 Å². The molecular formula is C11H11ClN2O2. The smallest absolute Gasteiger partial charge is 0.269 e. The Bertz CT molecular complexity index is 522. The zero-order chi connectivity index (χ0) is 11.5. The van der Waals surface area contributed by atoms with Gasteiger partial charge < -0.3 is 15.0 Å². The van der Waals surface area contributed by atoms with Gasteiger partial charge >= 0.3 is 0 Å². The first kappa shape index (κ1) is 11.0. The third-order valence-electron chi connectivity index (χ3n) is 2.20. The number of aromatic nitrogens is 1. The number of benzene rings is 1. The van der Waals surface area contributed by atoms with Crippen LogP contribution in [0.25, 0.3) is 10.9 Å². The first-order valence-electron chi connectivity index (χ1n) is 4.76. The summed E-state index contributed by atoms with van der Waals surface area (Å²) in [7, 11) is 1.52. The molecule has 1 aromatic heterocycles. The van der Waals surface area contributed by atoms with Crippen molar-refractivity contribution in [3.8, 4) is 0 Å². The number of fused-ring (bicyclic) bond motifs is 1. The second kappa shape index (κ2) is 4.55. The van der Waals surface area contributed by atoms with E-state index in [4.69, 9.17) is 16.3 Å². The Kier molecular flexibility index (Phi) is 3.12. The van der Waals surface area contributed by atoms with Crippen LogP contribution in [0.15, 0.2) is 24.3 Å². The van der Waals surface area contributed by atoms with E-state index in [-0.39, 0.29) is 12.6 Å². The minimum Gasteiger partial charge on any atom is -0.364 e. The Labute approximate surface area is 97.5 Å². The zero-order valence-corrected chi connectivity index (χ0v) is 9.47. The van der Waals surface area contributed by atoms with Gasteiger partial charge in [0.25, 0.3) is 5.91 Å². The Morgan fingerprint density at radius 2 is 2.31 bits per heavy atom. The molecule has 1 amide bonds. The molecule has 2 aromatic rings. The Balaban J connectivity index is 2.28. The van der Waals surface area contributed by atoms with Crippen LogP contribution in [-0.4, -0.2) is 24.7 Å². The van der Waals surface area contributed by atoms with Gasteiger partial charge in [-0.25, -0.2) is 0 Å². The number of halogens is 1. The highest BCUT2D eigenvalue weighted by molar-refractivity contribution is 6.31. The zero-order valence-electron chi connectivity index (χ0n) is 8.71. The number of hydrogen-bond acceptors (Lipinski definition) is 2. The van der Waals surface area contributed by atoms with Crippen LogP contribution in [0.5, 0.6) is 0 Å². The quantitative estimate of drug-likeness (QED) is 0.805. The van der Waals surface area contributed by atoms with E-state index in [1.54, 1.807) is 18.2 Å². The SMILES string of the molecule is COCNC(=O)c1cc2cc(Cl)ccc2[nH]1. The second-order valence-corrected chi connectivity index (χ2v) is 3.79. The third-order valence-corrected chi connectivity index (χ3v) is 2.44. The molecule has 2 rings (SSSR count). The van der Waals surface area contributed by atoms with Crippen LogP contribution in [0.4, 0.5) is 0 Å². The monoisotopic (exact) mass is 238 g/mol. The molecule has 84 valence electrons. The molecule has 0 aliphatic rings. The van der Waals surface area contributed by atoms with Crippen molar-refractivity contribution in [3.05, 3.63) is 35.0 Å². The first-order valence-corrected chi connectivity index (χ1v) is 5.14. The number of carbonyl (C=O) groups excluding carboxylic acids is 1. The van der Waals surface area contributed by atoms with Gasteiger partial charge in [-0.1, -0.05) is 11.6 Å². The fraction of sp³-hybridized carbons (Fsp3) is 0.182. The largest absolute Gasteiger partial charge is 0.364 e. The van der Waals surface area contributed by atoms with Gasteiger partial charge in [0.05, 0.1) is 0 Å². The van der Waals surface area contributed by atoms with Crippen molar-refractivity contribution in [2.75, 3.05) is 13.8 Å². The topological polar surface area (TPSA) is 54.1 Å². The number of aromatic amines is 1. The Morgan fingerprint density at radius 1 is 1.50 bits per heavy atom. The summed E-state index contributed by atoms with van der Waals surface area (Å²) in [5.41, 5.74) is 1.38. The molecule has 0 unspecified atom stereocenters. The van der Waals surface area contributed by atoms with Gasteiger partial charge in [0.15, 0.2) is 0 Å². The fourth-order valence-corrected chi connectivity index (χ4v) is 1.64. The number of carbonyl (C=O) groups is 1. The standard InChI is InChI=1S/C11H11ClN2O2/c1-16-6-13-11(15)10-5-7-4-8(12)2-3-9(7)14-10/h2-5,14H,6H2,1H3,(H,13,15). The minimum absolute atomic E-state index is 0.189. The van der Waals surface area contributed by atoms with Crippen molar-refractivity contribution in [1.29, 1.82) is 0 Å². The van der Waals surface area contributed by atoms with E-state index in [9.17, 15) is 4.79 Å². The fourth-order valence-electron chi connectivity index (χ4n) is 1.46. The van der Waals surface area contributed by atoms with Gasteiger partial charge in [0, 0.05) is 23.0 Å². The van der Waals surface area contributed by atoms with Gasteiger partial charge in [-0.15, -0.1) is 0 Å². The summed E-state index contributed by atoms with van der Waals surface area (Å²) in [5, 5.41) is 4.16. The summed E-state index contributed by atoms with van der Waals surface area (Å²) < 4.78 is 4.76. The highest BCUT2D eigenvalue weighted by atomic mass is 35.5. The lowest BCUT2D eigenvalue weighted by molar-refractivity contribution is 0.0868. The molecule has 0 spiro atoms. The molecular weight excluding hydrogens is 228 g/mol. The lowest BCUT2D eigenvalue weighted by atomic mass is 10.2. The number of methoxy groups -OCH3 is 1. The summed E-state index contributed by atoms with van der Waals surface area (Å²) in [5.74, 6) is -0.200. The van der Waals surface area contributed by atoms with E-state index in [1.165, 1.54) is 7.11 Å². The first-order chi connectivity index (χ1) is 7.70. The number of nitrogens with one attached hydrogen (secondary N) is 2. The Hall–Kier alpha value is -1.52. The van der Waals surface area contributed by atoms with E-state index in [0.717, 1.165) is 10.9 Å². The average molecular weight is 239 g/mol. The van der Waals surface area contributed by atoms with Crippen LogP contribution in [-0.2, 0) is 4.74 Å². The lowest BCUT2D eigenvalue weighted by Crippen LogP contribution is -2.25. The van der Waals surface area contributed by atoms with Crippen LogP contribution < -0.4 is 5.32 Å². The van der Waals surface area contributed by atoms with Crippen LogP contribution in [0, 0.1) is 0 Å². The molecule has 0 fully saturated rings. The number of hydrogen-bond donors (Lipinski definition) is 2. The van der Waals surface area contributed by atoms with E-state index in [2.05, 4.69) is 10.3 Å². The van der Waals surface area contributed by atoms with E-state index in [1.807, 2.05) is 6.07 Å². The van der Waals surface area contributed by atoms with Gasteiger partial charge in [-0.05, 0) is 24.3 Å². The van der Waals surface area contributed by atoms with Crippen LogP contribution >= 0.6 is 11.6 Å². The molecule has 5 heteroatoms. The van der Waals surface area contributed by atoms with E-state index in [0.29, 0.717) is 10.7 Å². The molecule has 0 aliphatic carbocycles. The van der Waals surface area contributed by atoms with Gasteiger partial charge in [-0.3, -0.25) is 4.79 Å². The minimum atomic E-state index is -0.200. The molecule has 4 nitrogen and oxygen atoms in total. The van der Waals surface area contributed by atoms with Crippen LogP contribution in [0.2, 0.25) is 5.02 Å². The maximum atomic E-state index is 11.6.